The van der Waals surface area contributed by atoms with Crippen molar-refractivity contribution in [1.82, 2.24) is 24.2 Å². The lowest BCUT2D eigenvalue weighted by atomic mass is 9.92. The maximum absolute atomic E-state index is 12.9. The number of carbonyl (C=O) groups is 1. The van der Waals surface area contributed by atoms with Crippen molar-refractivity contribution in [1.29, 1.82) is 0 Å². The zero-order chi connectivity index (χ0) is 19.1. The van der Waals surface area contributed by atoms with Gasteiger partial charge < -0.3 is 14.6 Å². The van der Waals surface area contributed by atoms with Gasteiger partial charge in [-0.2, -0.15) is 18.3 Å². The molecule has 0 spiro atoms. The van der Waals surface area contributed by atoms with Gasteiger partial charge in [0, 0.05) is 44.6 Å². The Bertz CT molecular complexity index is 788. The number of halogens is 3. The van der Waals surface area contributed by atoms with Crippen LogP contribution < -0.4 is 0 Å². The highest BCUT2D eigenvalue weighted by Gasteiger charge is 2.57. The number of nitrogens with zero attached hydrogens (tertiary/aromatic N) is 5. The van der Waals surface area contributed by atoms with Crippen LogP contribution in [0.25, 0.3) is 5.95 Å². The minimum absolute atomic E-state index is 0.0362. The van der Waals surface area contributed by atoms with E-state index in [2.05, 4.69) is 10.1 Å². The highest BCUT2D eigenvalue weighted by Crippen LogP contribution is 2.34. The maximum Gasteiger partial charge on any atom is 0.426 e. The Kier molecular flexibility index (Phi) is 4.55. The SMILES string of the molecule is Cn1ccnc1-n1nccc1C1CCN(C(=O)C(C)(O)C(F)(F)F)CC1. The molecule has 2 aromatic heterocycles. The minimum atomic E-state index is -5.00. The summed E-state index contributed by atoms with van der Waals surface area (Å²) in [6, 6.07) is 1.85. The van der Waals surface area contributed by atoms with Gasteiger partial charge in [-0.05, 0) is 25.8 Å². The molecule has 1 N–H and O–H groups in total. The summed E-state index contributed by atoms with van der Waals surface area (Å²) in [6.45, 7) is 0.778. The molecule has 1 atom stereocenters. The molecule has 1 fully saturated rings. The molecule has 1 amide bonds. The van der Waals surface area contributed by atoms with Crippen LogP contribution in [0.3, 0.4) is 0 Å². The molecule has 142 valence electrons. The van der Waals surface area contributed by atoms with Gasteiger partial charge in [-0.3, -0.25) is 4.79 Å². The van der Waals surface area contributed by atoms with E-state index >= 15 is 0 Å². The lowest BCUT2D eigenvalue weighted by Crippen LogP contribution is -2.57. The van der Waals surface area contributed by atoms with Gasteiger partial charge in [0.15, 0.2) is 0 Å². The molecular formula is C16H20F3N5O2. The largest absolute Gasteiger partial charge is 0.426 e. The molecule has 0 aliphatic carbocycles. The van der Waals surface area contributed by atoms with Gasteiger partial charge in [0.05, 0.1) is 5.69 Å². The Morgan fingerprint density at radius 1 is 1.27 bits per heavy atom. The first-order chi connectivity index (χ1) is 12.1. The predicted molar refractivity (Wildman–Crippen MR) is 85.6 cm³/mol. The molecule has 0 radical (unpaired) electrons. The Labute approximate surface area is 148 Å². The van der Waals surface area contributed by atoms with Crippen LogP contribution in [-0.2, 0) is 11.8 Å². The monoisotopic (exact) mass is 371 g/mol. The van der Waals surface area contributed by atoms with Crippen LogP contribution in [-0.4, -0.2) is 60.1 Å². The zero-order valence-corrected chi connectivity index (χ0v) is 14.4. The Hall–Kier alpha value is -2.36. The van der Waals surface area contributed by atoms with Crippen molar-refractivity contribution >= 4 is 5.91 Å². The van der Waals surface area contributed by atoms with Crippen molar-refractivity contribution in [2.75, 3.05) is 13.1 Å². The zero-order valence-electron chi connectivity index (χ0n) is 14.4. The number of imidazole rings is 1. The molecule has 1 saturated heterocycles. The molecule has 10 heteroatoms. The lowest BCUT2D eigenvalue weighted by molar-refractivity contribution is -0.250. The van der Waals surface area contributed by atoms with E-state index in [1.807, 2.05) is 17.7 Å². The second-order valence-electron chi connectivity index (χ2n) is 6.64. The van der Waals surface area contributed by atoms with Gasteiger partial charge in [0.25, 0.3) is 5.91 Å². The molecule has 26 heavy (non-hydrogen) atoms. The van der Waals surface area contributed by atoms with E-state index < -0.39 is 17.7 Å². The second-order valence-corrected chi connectivity index (χ2v) is 6.64. The van der Waals surface area contributed by atoms with Gasteiger partial charge in [-0.25, -0.2) is 9.67 Å². The first-order valence-electron chi connectivity index (χ1n) is 8.23. The fraction of sp³-hybridized carbons (Fsp3) is 0.562. The van der Waals surface area contributed by atoms with E-state index in [0.717, 1.165) is 10.6 Å². The van der Waals surface area contributed by atoms with Crippen molar-refractivity contribution in [2.24, 2.45) is 7.05 Å². The van der Waals surface area contributed by atoms with Crippen molar-refractivity contribution in [3.8, 4) is 5.95 Å². The number of likely N-dealkylation sites (tertiary alicyclic amines) is 1. The number of hydrogen-bond donors (Lipinski definition) is 1. The molecule has 1 unspecified atom stereocenters. The second kappa shape index (κ2) is 6.42. The minimum Gasteiger partial charge on any atom is -0.373 e. The molecule has 7 nitrogen and oxygen atoms in total. The number of rotatable bonds is 3. The van der Waals surface area contributed by atoms with E-state index in [0.29, 0.717) is 25.7 Å². The van der Waals surface area contributed by atoms with Crippen LogP contribution in [0.4, 0.5) is 13.2 Å². The van der Waals surface area contributed by atoms with Crippen LogP contribution in [0.5, 0.6) is 0 Å². The van der Waals surface area contributed by atoms with Gasteiger partial charge in [0.1, 0.15) is 0 Å². The first-order valence-corrected chi connectivity index (χ1v) is 8.23. The Morgan fingerprint density at radius 2 is 1.92 bits per heavy atom. The van der Waals surface area contributed by atoms with E-state index in [-0.39, 0.29) is 19.0 Å². The lowest BCUT2D eigenvalue weighted by Gasteiger charge is -2.36. The van der Waals surface area contributed by atoms with Gasteiger partial charge >= 0.3 is 6.18 Å². The summed E-state index contributed by atoms with van der Waals surface area (Å²) >= 11 is 0. The quantitative estimate of drug-likeness (QED) is 0.890. The molecule has 3 heterocycles. The molecule has 3 rings (SSSR count). The third-order valence-electron chi connectivity index (χ3n) is 4.83. The standard InChI is InChI=1S/C16H20F3N5O2/c1-15(26,16(17,18)19)13(25)23-8-4-11(5-9-23)12-3-6-21-24(12)14-20-7-10-22(14)2/h3,6-7,10-11,26H,4-5,8-9H2,1-2H3. The number of piperidine rings is 1. The number of aryl methyl sites for hydroxylation is 1. The van der Waals surface area contributed by atoms with Crippen LogP contribution in [0.2, 0.25) is 0 Å². The molecule has 0 saturated carbocycles. The molecule has 1 aliphatic heterocycles. The van der Waals surface area contributed by atoms with E-state index in [4.69, 9.17) is 0 Å². The van der Waals surface area contributed by atoms with E-state index in [1.165, 1.54) is 0 Å². The van der Waals surface area contributed by atoms with E-state index in [9.17, 15) is 23.1 Å². The topological polar surface area (TPSA) is 76.2 Å². The third-order valence-corrected chi connectivity index (χ3v) is 4.83. The van der Waals surface area contributed by atoms with Crippen LogP contribution in [0.1, 0.15) is 31.4 Å². The normalized spacial score (nSPS) is 18.8. The van der Waals surface area contributed by atoms with E-state index in [1.54, 1.807) is 23.3 Å². The predicted octanol–water partition coefficient (Wildman–Crippen LogP) is 1.63. The number of hydrogen-bond acceptors (Lipinski definition) is 4. The number of amides is 1. The highest BCUT2D eigenvalue weighted by atomic mass is 19.4. The summed E-state index contributed by atoms with van der Waals surface area (Å²) in [5.41, 5.74) is -2.47. The highest BCUT2D eigenvalue weighted by molar-refractivity contribution is 5.85. The smallest absolute Gasteiger partial charge is 0.373 e. The van der Waals surface area contributed by atoms with Gasteiger partial charge in [-0.1, -0.05) is 0 Å². The van der Waals surface area contributed by atoms with Crippen molar-refractivity contribution < 1.29 is 23.1 Å². The average molecular weight is 371 g/mol. The van der Waals surface area contributed by atoms with Crippen LogP contribution in [0, 0.1) is 0 Å². The molecule has 0 bridgehead atoms. The summed E-state index contributed by atoms with van der Waals surface area (Å²) in [7, 11) is 1.84. The third kappa shape index (κ3) is 3.09. The molecule has 0 aromatic carbocycles. The Balaban J connectivity index is 1.72. The van der Waals surface area contributed by atoms with Gasteiger partial charge in [0.2, 0.25) is 11.5 Å². The molecule has 1 aliphatic rings. The summed E-state index contributed by atoms with van der Waals surface area (Å²) in [5.74, 6) is -0.626. The number of alkyl halides is 3. The molecule has 2 aromatic rings. The van der Waals surface area contributed by atoms with Crippen molar-refractivity contribution in [3.05, 3.63) is 30.4 Å². The maximum atomic E-state index is 12.9. The van der Waals surface area contributed by atoms with Gasteiger partial charge in [-0.15, -0.1) is 0 Å². The average Bonchev–Trinajstić information content (AvgIpc) is 3.21. The summed E-state index contributed by atoms with van der Waals surface area (Å²) in [6.07, 6.45) is 1.06. The van der Waals surface area contributed by atoms with Crippen LogP contribution >= 0.6 is 0 Å². The molecular weight excluding hydrogens is 351 g/mol. The summed E-state index contributed by atoms with van der Waals surface area (Å²) < 4.78 is 42.1. The Morgan fingerprint density at radius 3 is 2.46 bits per heavy atom. The fourth-order valence-corrected chi connectivity index (χ4v) is 3.16. The first kappa shape index (κ1) is 18.4. The summed E-state index contributed by atoms with van der Waals surface area (Å²) in [5, 5.41) is 13.9. The summed E-state index contributed by atoms with van der Waals surface area (Å²) in [4.78, 5) is 17.4. The number of aliphatic hydroxyl groups is 1. The number of carbonyl (C=O) groups excluding carboxylic acids is 1. The fourth-order valence-electron chi connectivity index (χ4n) is 3.16. The van der Waals surface area contributed by atoms with Crippen LogP contribution in [0.15, 0.2) is 24.7 Å². The van der Waals surface area contributed by atoms with Crippen molar-refractivity contribution in [3.63, 3.8) is 0 Å². The number of aromatic nitrogens is 4. The van der Waals surface area contributed by atoms with Crippen molar-refractivity contribution in [2.45, 2.75) is 37.5 Å².